The lowest BCUT2D eigenvalue weighted by Gasteiger charge is -2.30. The average Bonchev–Trinajstić information content (AvgIpc) is 2.02. The van der Waals surface area contributed by atoms with Gasteiger partial charge >= 0.3 is 5.97 Å². The quantitative estimate of drug-likeness (QED) is 0.754. The van der Waals surface area contributed by atoms with Crippen LogP contribution in [0.3, 0.4) is 0 Å². The Hall–Kier alpha value is -0.900. The van der Waals surface area contributed by atoms with Crippen LogP contribution in [0.1, 0.15) is 20.3 Å². The number of hydrogen-bond acceptors (Lipinski definition) is 2. The zero-order chi connectivity index (χ0) is 10.8. The van der Waals surface area contributed by atoms with E-state index >= 15 is 0 Å². The standard InChI is InChI=1S/C10H16FNO2/c1-10(2,9(13)14)7-12-5-3-4-8(11)6-12/h4H,3,5-7H2,1-2H3,(H,13,14). The van der Waals surface area contributed by atoms with E-state index in [1.54, 1.807) is 19.9 Å². The molecule has 80 valence electrons. The molecule has 0 atom stereocenters. The number of halogens is 1. The molecule has 0 fully saturated rings. The average molecular weight is 201 g/mol. The van der Waals surface area contributed by atoms with Crippen LogP contribution in [-0.4, -0.2) is 35.6 Å². The Kier molecular flexibility index (Phi) is 3.26. The monoisotopic (exact) mass is 201 g/mol. The highest BCUT2D eigenvalue weighted by molar-refractivity contribution is 5.73. The molecule has 0 spiro atoms. The molecule has 1 N–H and O–H groups in total. The molecule has 0 amide bonds. The van der Waals surface area contributed by atoms with E-state index in [0.29, 0.717) is 13.0 Å². The number of carboxylic acid groups (broad SMARTS) is 1. The lowest BCUT2D eigenvalue weighted by molar-refractivity contribution is -0.148. The van der Waals surface area contributed by atoms with Crippen LogP contribution in [0.2, 0.25) is 0 Å². The molecule has 0 saturated carbocycles. The molecule has 1 aliphatic heterocycles. The summed E-state index contributed by atoms with van der Waals surface area (Å²) < 4.78 is 12.9. The third-order valence-corrected chi connectivity index (χ3v) is 2.38. The fraction of sp³-hybridized carbons (Fsp3) is 0.700. The van der Waals surface area contributed by atoms with Crippen molar-refractivity contribution in [2.24, 2.45) is 5.41 Å². The molecule has 4 heteroatoms. The molecule has 3 nitrogen and oxygen atoms in total. The summed E-state index contributed by atoms with van der Waals surface area (Å²) in [4.78, 5) is 12.7. The van der Waals surface area contributed by atoms with Crippen LogP contribution >= 0.6 is 0 Å². The van der Waals surface area contributed by atoms with Crippen LogP contribution in [0.15, 0.2) is 11.9 Å². The molecule has 1 heterocycles. The van der Waals surface area contributed by atoms with E-state index in [0.717, 1.165) is 6.54 Å². The van der Waals surface area contributed by atoms with Gasteiger partial charge in [-0.05, 0) is 20.3 Å². The Balaban J connectivity index is 2.53. The summed E-state index contributed by atoms with van der Waals surface area (Å²) in [5.74, 6) is -0.995. The van der Waals surface area contributed by atoms with E-state index in [2.05, 4.69) is 0 Å². The van der Waals surface area contributed by atoms with Gasteiger partial charge in [0.25, 0.3) is 0 Å². The number of aliphatic carboxylic acids is 1. The van der Waals surface area contributed by atoms with Gasteiger partial charge < -0.3 is 5.11 Å². The van der Waals surface area contributed by atoms with Gasteiger partial charge in [-0.1, -0.05) is 6.08 Å². The lowest BCUT2D eigenvalue weighted by Crippen LogP contribution is -2.41. The van der Waals surface area contributed by atoms with Crippen LogP contribution in [0, 0.1) is 5.41 Å². The SMILES string of the molecule is CC(C)(CN1CCC=C(F)C1)C(=O)O. The van der Waals surface area contributed by atoms with E-state index < -0.39 is 11.4 Å². The first-order valence-corrected chi connectivity index (χ1v) is 4.72. The minimum absolute atomic E-state index is 0.155. The maximum absolute atomic E-state index is 12.9. The van der Waals surface area contributed by atoms with E-state index in [4.69, 9.17) is 5.11 Å². The Bertz CT molecular complexity index is 261. The molecule has 0 unspecified atom stereocenters. The highest BCUT2D eigenvalue weighted by Gasteiger charge is 2.30. The summed E-state index contributed by atoms with van der Waals surface area (Å²) in [6, 6.07) is 0. The molecular formula is C10H16FNO2. The first-order chi connectivity index (χ1) is 6.42. The molecule has 0 aromatic rings. The van der Waals surface area contributed by atoms with Gasteiger partial charge in [0.2, 0.25) is 0 Å². The maximum Gasteiger partial charge on any atom is 0.310 e. The van der Waals surface area contributed by atoms with Gasteiger partial charge in [-0.2, -0.15) is 0 Å². The van der Waals surface area contributed by atoms with Crippen molar-refractivity contribution in [3.05, 3.63) is 11.9 Å². The lowest BCUT2D eigenvalue weighted by atomic mass is 9.92. The number of rotatable bonds is 3. The van der Waals surface area contributed by atoms with Gasteiger partial charge in [0.15, 0.2) is 0 Å². The third kappa shape index (κ3) is 2.80. The molecule has 0 radical (unpaired) electrons. The second-order valence-electron chi connectivity index (χ2n) is 4.34. The summed E-state index contributed by atoms with van der Waals surface area (Å²) in [6.45, 7) is 4.70. The van der Waals surface area contributed by atoms with Gasteiger partial charge in [-0.3, -0.25) is 9.69 Å². The normalized spacial score (nSPS) is 19.2. The molecule has 0 aromatic heterocycles. The van der Waals surface area contributed by atoms with E-state index in [-0.39, 0.29) is 12.4 Å². The predicted octanol–water partition coefficient (Wildman–Crippen LogP) is 1.66. The van der Waals surface area contributed by atoms with Gasteiger partial charge in [-0.25, -0.2) is 4.39 Å². The first kappa shape index (κ1) is 11.2. The van der Waals surface area contributed by atoms with Crippen molar-refractivity contribution in [2.45, 2.75) is 20.3 Å². The van der Waals surface area contributed by atoms with Crippen molar-refractivity contribution in [1.82, 2.24) is 4.90 Å². The summed E-state index contributed by atoms with van der Waals surface area (Å²) in [6.07, 6.45) is 2.23. The third-order valence-electron chi connectivity index (χ3n) is 2.38. The van der Waals surface area contributed by atoms with Crippen molar-refractivity contribution in [2.75, 3.05) is 19.6 Å². The molecular weight excluding hydrogens is 185 g/mol. The zero-order valence-electron chi connectivity index (χ0n) is 8.59. The van der Waals surface area contributed by atoms with Crippen LogP contribution in [0.25, 0.3) is 0 Å². The van der Waals surface area contributed by atoms with Crippen LogP contribution in [0.5, 0.6) is 0 Å². The summed E-state index contributed by atoms with van der Waals surface area (Å²) in [5, 5.41) is 8.90. The molecule has 0 aromatic carbocycles. The minimum atomic E-state index is -0.840. The van der Waals surface area contributed by atoms with Crippen LogP contribution in [0.4, 0.5) is 4.39 Å². The fourth-order valence-electron chi connectivity index (χ4n) is 1.52. The number of carboxylic acids is 1. The van der Waals surface area contributed by atoms with Crippen molar-refractivity contribution in [3.8, 4) is 0 Å². The highest BCUT2D eigenvalue weighted by atomic mass is 19.1. The summed E-state index contributed by atoms with van der Waals surface area (Å²) in [5.41, 5.74) is -0.808. The maximum atomic E-state index is 12.9. The van der Waals surface area contributed by atoms with Crippen LogP contribution in [-0.2, 0) is 4.79 Å². The highest BCUT2D eigenvalue weighted by Crippen LogP contribution is 2.20. The Morgan fingerprint density at radius 2 is 2.36 bits per heavy atom. The predicted molar refractivity (Wildman–Crippen MR) is 51.7 cm³/mol. The van der Waals surface area contributed by atoms with Crippen molar-refractivity contribution < 1.29 is 14.3 Å². The van der Waals surface area contributed by atoms with E-state index in [9.17, 15) is 9.18 Å². The Morgan fingerprint density at radius 1 is 1.71 bits per heavy atom. The van der Waals surface area contributed by atoms with Gasteiger partial charge in [0.1, 0.15) is 5.83 Å². The second-order valence-corrected chi connectivity index (χ2v) is 4.34. The van der Waals surface area contributed by atoms with Crippen molar-refractivity contribution in [3.63, 3.8) is 0 Å². The molecule has 0 aliphatic carbocycles. The fourth-order valence-corrected chi connectivity index (χ4v) is 1.52. The Labute approximate surface area is 83.2 Å². The zero-order valence-corrected chi connectivity index (χ0v) is 8.59. The largest absolute Gasteiger partial charge is 0.481 e. The molecule has 1 aliphatic rings. The first-order valence-electron chi connectivity index (χ1n) is 4.72. The van der Waals surface area contributed by atoms with E-state index in [1.807, 2.05) is 4.90 Å². The second kappa shape index (κ2) is 4.09. The minimum Gasteiger partial charge on any atom is -0.481 e. The number of carbonyl (C=O) groups is 1. The summed E-state index contributed by atoms with van der Waals surface area (Å²) >= 11 is 0. The van der Waals surface area contributed by atoms with E-state index in [1.165, 1.54) is 0 Å². The van der Waals surface area contributed by atoms with Gasteiger partial charge in [0, 0.05) is 19.6 Å². The van der Waals surface area contributed by atoms with Gasteiger partial charge in [0.05, 0.1) is 5.41 Å². The number of hydrogen-bond donors (Lipinski definition) is 1. The van der Waals surface area contributed by atoms with Crippen LogP contribution < -0.4 is 0 Å². The Morgan fingerprint density at radius 3 is 2.86 bits per heavy atom. The van der Waals surface area contributed by atoms with Crippen molar-refractivity contribution >= 4 is 5.97 Å². The topological polar surface area (TPSA) is 40.5 Å². The molecule has 0 bridgehead atoms. The van der Waals surface area contributed by atoms with Gasteiger partial charge in [-0.15, -0.1) is 0 Å². The molecule has 1 rings (SSSR count). The number of nitrogens with zero attached hydrogens (tertiary/aromatic N) is 1. The summed E-state index contributed by atoms with van der Waals surface area (Å²) in [7, 11) is 0. The molecule has 14 heavy (non-hydrogen) atoms. The van der Waals surface area contributed by atoms with Crippen molar-refractivity contribution in [1.29, 1.82) is 0 Å². The molecule has 0 saturated heterocycles. The smallest absolute Gasteiger partial charge is 0.310 e.